The summed E-state index contributed by atoms with van der Waals surface area (Å²) in [6.07, 6.45) is 2.85. The lowest BCUT2D eigenvalue weighted by Crippen LogP contribution is -2.53. The molecule has 3 amide bonds. The van der Waals surface area contributed by atoms with E-state index in [9.17, 15) is 34.5 Å². The molecule has 0 spiro atoms. The zero-order valence-electron chi connectivity index (χ0n) is 20.9. The molecule has 11 nitrogen and oxygen atoms in total. The number of benzene rings is 1. The molecule has 1 aromatic heterocycles. The zero-order valence-corrected chi connectivity index (χ0v) is 20.9. The number of primary amides is 1. The highest BCUT2D eigenvalue weighted by molar-refractivity contribution is 5.97. The molecule has 4 atom stereocenters. The van der Waals surface area contributed by atoms with Crippen molar-refractivity contribution in [2.45, 2.75) is 75.7 Å². The Morgan fingerprint density at radius 2 is 1.84 bits per heavy atom. The maximum absolute atomic E-state index is 13.1. The molecule has 0 bridgehead atoms. The number of hydrogen-bond acceptors (Lipinski definition) is 7. The van der Waals surface area contributed by atoms with Crippen molar-refractivity contribution in [3.63, 3.8) is 0 Å². The smallest absolute Gasteiger partial charge is 0.247 e. The van der Waals surface area contributed by atoms with Crippen LogP contribution >= 0.6 is 0 Å². The summed E-state index contributed by atoms with van der Waals surface area (Å²) in [7, 11) is 0. The van der Waals surface area contributed by atoms with Crippen LogP contribution in [-0.2, 0) is 25.6 Å². The highest BCUT2D eigenvalue weighted by Crippen LogP contribution is 2.43. The van der Waals surface area contributed by atoms with E-state index in [1.165, 1.54) is 6.08 Å². The van der Waals surface area contributed by atoms with Crippen LogP contribution in [0.25, 0.3) is 10.9 Å². The summed E-state index contributed by atoms with van der Waals surface area (Å²) < 4.78 is 0. The molecule has 1 heterocycles. The van der Waals surface area contributed by atoms with Gasteiger partial charge in [0.05, 0.1) is 12.1 Å². The number of nitrogens with two attached hydrogens (primary N) is 1. The van der Waals surface area contributed by atoms with Gasteiger partial charge >= 0.3 is 0 Å². The first kappa shape index (κ1) is 27.3. The molecule has 204 valence electrons. The van der Waals surface area contributed by atoms with E-state index in [0.717, 1.165) is 29.3 Å². The van der Waals surface area contributed by atoms with Gasteiger partial charge in [0.25, 0.3) is 0 Å². The number of carbonyl (C=O) groups is 4. The molecule has 1 aromatic carbocycles. The van der Waals surface area contributed by atoms with Gasteiger partial charge in [-0.15, -0.1) is 0 Å². The van der Waals surface area contributed by atoms with Gasteiger partial charge in [-0.3, -0.25) is 14.4 Å². The molecule has 1 saturated carbocycles. The van der Waals surface area contributed by atoms with Crippen molar-refractivity contribution < 1.29 is 34.5 Å². The van der Waals surface area contributed by atoms with E-state index in [1.54, 1.807) is 6.20 Å². The second-order valence-electron chi connectivity index (χ2n) is 10.5. The van der Waals surface area contributed by atoms with Gasteiger partial charge in [0.15, 0.2) is 0 Å². The fourth-order valence-corrected chi connectivity index (χ4v) is 5.68. The van der Waals surface area contributed by atoms with Gasteiger partial charge in [-0.25, -0.2) is 0 Å². The van der Waals surface area contributed by atoms with Crippen LogP contribution in [0.2, 0.25) is 0 Å². The number of carboxylic acid groups (broad SMARTS) is 1. The fraction of sp³-hybridized carbons (Fsp3) is 0.481. The molecular weight excluding hydrogens is 492 g/mol. The average Bonchev–Trinajstić information content (AvgIpc) is 3.47. The Kier molecular flexibility index (Phi) is 8.17. The lowest BCUT2D eigenvalue weighted by Gasteiger charge is -2.33. The Bertz CT molecular complexity index is 1250. The number of aliphatic hydroxyl groups excluding tert-OH is 2. The summed E-state index contributed by atoms with van der Waals surface area (Å²) in [6.45, 7) is 0. The SMILES string of the molecule is NC(=O)[C@@H](Cc1c[nH]c2ccccc12)NC(=O)C1=C[C@@H](NC(=O)CC2(CC(=O)[O-])CCCC2)[C@@H](O)[C@H](O)C1. The Balaban J connectivity index is 1.45. The number of aliphatic carboxylic acids is 1. The maximum atomic E-state index is 13.1. The number of para-hydroxylation sites is 1. The number of H-pyrrole nitrogens is 1. The predicted octanol–water partition coefficient (Wildman–Crippen LogP) is -0.692. The van der Waals surface area contributed by atoms with Crippen molar-refractivity contribution in [2.75, 3.05) is 0 Å². The van der Waals surface area contributed by atoms with E-state index in [4.69, 9.17) is 5.73 Å². The van der Waals surface area contributed by atoms with Crippen molar-refractivity contribution in [1.29, 1.82) is 0 Å². The maximum Gasteiger partial charge on any atom is 0.247 e. The number of carboxylic acids is 1. The standard InChI is InChI=1S/C27H34N4O7/c28-25(37)20(10-16-14-29-18-6-2-1-5-17(16)18)31-26(38)15-9-19(24(36)21(32)11-15)30-22(33)12-27(13-23(34)35)7-3-4-8-27/h1-2,5-6,9,14,19-21,24,29,32,36H,3-4,7-8,10-13H2,(H2,28,37)(H,30,33)(H,31,38)(H,34,35)/p-1/t19-,20-,21-,24-/m1/s1. The van der Waals surface area contributed by atoms with Crippen LogP contribution in [0, 0.1) is 5.41 Å². The van der Waals surface area contributed by atoms with Crippen molar-refractivity contribution in [3.05, 3.63) is 47.7 Å². The summed E-state index contributed by atoms with van der Waals surface area (Å²) in [5, 5.41) is 38.2. The number of rotatable bonds is 10. The molecule has 0 aliphatic heterocycles. The van der Waals surface area contributed by atoms with Gasteiger partial charge in [-0.1, -0.05) is 37.1 Å². The predicted molar refractivity (Wildman–Crippen MR) is 135 cm³/mol. The van der Waals surface area contributed by atoms with E-state index in [-0.39, 0.29) is 31.3 Å². The molecule has 2 aromatic rings. The van der Waals surface area contributed by atoms with E-state index in [1.807, 2.05) is 24.3 Å². The molecule has 2 aliphatic rings. The number of aromatic nitrogens is 1. The van der Waals surface area contributed by atoms with Crippen molar-refractivity contribution in [1.82, 2.24) is 15.6 Å². The third kappa shape index (κ3) is 6.22. The first-order valence-electron chi connectivity index (χ1n) is 12.8. The Morgan fingerprint density at radius 3 is 2.53 bits per heavy atom. The molecule has 38 heavy (non-hydrogen) atoms. The Morgan fingerprint density at radius 1 is 1.13 bits per heavy atom. The van der Waals surface area contributed by atoms with Crippen LogP contribution in [-0.4, -0.2) is 63.2 Å². The van der Waals surface area contributed by atoms with Crippen molar-refractivity contribution in [2.24, 2.45) is 11.1 Å². The summed E-state index contributed by atoms with van der Waals surface area (Å²) in [6, 6.07) is 5.40. The van der Waals surface area contributed by atoms with Crippen LogP contribution in [0.15, 0.2) is 42.1 Å². The van der Waals surface area contributed by atoms with Gasteiger partial charge in [0, 0.05) is 47.9 Å². The van der Waals surface area contributed by atoms with E-state index < -0.39 is 53.4 Å². The minimum Gasteiger partial charge on any atom is -0.550 e. The lowest BCUT2D eigenvalue weighted by atomic mass is 9.79. The van der Waals surface area contributed by atoms with Gasteiger partial charge in [0.1, 0.15) is 12.1 Å². The highest BCUT2D eigenvalue weighted by Gasteiger charge is 2.39. The van der Waals surface area contributed by atoms with Crippen LogP contribution in [0.4, 0.5) is 0 Å². The normalized spacial score (nSPS) is 23.4. The second kappa shape index (κ2) is 11.4. The fourth-order valence-electron chi connectivity index (χ4n) is 5.68. The van der Waals surface area contributed by atoms with Crippen molar-refractivity contribution >= 4 is 34.6 Å². The molecular formula is C27H33N4O7-. The molecule has 11 heteroatoms. The summed E-state index contributed by atoms with van der Waals surface area (Å²) in [5.74, 6) is -3.09. The minimum atomic E-state index is -1.37. The van der Waals surface area contributed by atoms with Gasteiger partial charge in [-0.2, -0.15) is 0 Å². The monoisotopic (exact) mass is 525 g/mol. The van der Waals surface area contributed by atoms with Gasteiger partial charge in [0.2, 0.25) is 17.7 Å². The number of nitrogens with one attached hydrogen (secondary N) is 3. The molecule has 1 fully saturated rings. The Hall–Kier alpha value is -3.70. The highest BCUT2D eigenvalue weighted by atomic mass is 16.4. The second-order valence-corrected chi connectivity index (χ2v) is 10.5. The minimum absolute atomic E-state index is 0.0654. The van der Waals surface area contributed by atoms with Crippen LogP contribution in [0.1, 0.15) is 50.5 Å². The van der Waals surface area contributed by atoms with Crippen molar-refractivity contribution in [3.8, 4) is 0 Å². The van der Waals surface area contributed by atoms with Gasteiger partial charge < -0.3 is 41.5 Å². The van der Waals surface area contributed by atoms with Crippen LogP contribution < -0.4 is 21.5 Å². The summed E-state index contributed by atoms with van der Waals surface area (Å²) >= 11 is 0. The van der Waals surface area contributed by atoms with E-state index in [2.05, 4.69) is 15.6 Å². The van der Waals surface area contributed by atoms with Crippen LogP contribution in [0.3, 0.4) is 0 Å². The van der Waals surface area contributed by atoms with E-state index >= 15 is 0 Å². The molecule has 4 rings (SSSR count). The summed E-state index contributed by atoms with van der Waals surface area (Å²) in [4.78, 5) is 52.4. The molecule has 7 N–H and O–H groups in total. The average molecular weight is 526 g/mol. The van der Waals surface area contributed by atoms with E-state index in [0.29, 0.717) is 12.8 Å². The Labute approximate surface area is 219 Å². The first-order valence-corrected chi connectivity index (χ1v) is 12.8. The number of amides is 3. The lowest BCUT2D eigenvalue weighted by molar-refractivity contribution is -0.308. The van der Waals surface area contributed by atoms with Crippen LogP contribution in [0.5, 0.6) is 0 Å². The number of aliphatic hydroxyl groups is 2. The summed E-state index contributed by atoms with van der Waals surface area (Å²) in [5.41, 5.74) is 6.62. The number of carbonyl (C=O) groups excluding carboxylic acids is 4. The molecule has 0 radical (unpaired) electrons. The van der Waals surface area contributed by atoms with Gasteiger partial charge in [-0.05, 0) is 36.3 Å². The molecule has 0 saturated heterocycles. The zero-order chi connectivity index (χ0) is 27.4. The third-order valence-corrected chi connectivity index (χ3v) is 7.66. The number of fused-ring (bicyclic) bond motifs is 1. The number of aromatic amines is 1. The topological polar surface area (TPSA) is 198 Å². The third-order valence-electron chi connectivity index (χ3n) is 7.66. The first-order chi connectivity index (χ1) is 18.1. The molecule has 0 unspecified atom stereocenters. The largest absolute Gasteiger partial charge is 0.550 e. The molecule has 2 aliphatic carbocycles. The quantitative estimate of drug-likeness (QED) is 0.236. The number of hydrogen-bond donors (Lipinski definition) is 6.